The molecule has 0 aliphatic heterocycles. The number of nitrogens with zero attached hydrogens (tertiary/aromatic N) is 1. The number of hydrogen-bond acceptors (Lipinski definition) is 3. The highest BCUT2D eigenvalue weighted by molar-refractivity contribution is 7.07. The zero-order valence-corrected chi connectivity index (χ0v) is 10.8. The van der Waals surface area contributed by atoms with E-state index in [-0.39, 0.29) is 0 Å². The van der Waals surface area contributed by atoms with Crippen LogP contribution in [0.25, 0.3) is 0 Å². The van der Waals surface area contributed by atoms with Crippen LogP contribution >= 0.6 is 11.3 Å². The molecule has 1 aromatic heterocycles. The van der Waals surface area contributed by atoms with Gasteiger partial charge in [0.1, 0.15) is 0 Å². The molecule has 0 aliphatic carbocycles. The Morgan fingerprint density at radius 2 is 2.22 bits per heavy atom. The molecule has 18 heavy (non-hydrogen) atoms. The maximum atomic E-state index is 13.8. The molecule has 5 heteroatoms. The van der Waals surface area contributed by atoms with Crippen LogP contribution in [0.2, 0.25) is 0 Å². The molecule has 0 fully saturated rings. The van der Waals surface area contributed by atoms with Gasteiger partial charge in [-0.15, -0.1) is 11.3 Å². The van der Waals surface area contributed by atoms with E-state index in [2.05, 4.69) is 10.3 Å². The molecule has 0 saturated carbocycles. The molecule has 0 saturated heterocycles. The molecule has 96 valence electrons. The fourth-order valence-electron chi connectivity index (χ4n) is 1.77. The Morgan fingerprint density at radius 1 is 1.39 bits per heavy atom. The molecule has 1 heterocycles. The Labute approximate surface area is 109 Å². The molecule has 0 amide bonds. The van der Waals surface area contributed by atoms with E-state index in [4.69, 9.17) is 0 Å². The standard InChI is InChI=1S/C13H14F2N2S/c1-2-6-16-13(11-7-18-8-17-11)9-4-3-5-10(14)12(9)15/h3-5,7-8,13,16H,2,6H2,1H3. The van der Waals surface area contributed by atoms with E-state index in [0.29, 0.717) is 5.56 Å². The highest BCUT2D eigenvalue weighted by Crippen LogP contribution is 2.25. The lowest BCUT2D eigenvalue weighted by Gasteiger charge is -2.17. The van der Waals surface area contributed by atoms with Gasteiger partial charge in [-0.05, 0) is 19.0 Å². The second-order valence-corrected chi connectivity index (χ2v) is 4.66. The fraction of sp³-hybridized carbons (Fsp3) is 0.308. The average molecular weight is 268 g/mol. The summed E-state index contributed by atoms with van der Waals surface area (Å²) in [5.41, 5.74) is 2.71. The minimum atomic E-state index is -0.828. The SMILES string of the molecule is CCCNC(c1cscn1)c1cccc(F)c1F. The minimum Gasteiger partial charge on any atom is -0.305 e. The third-order valence-corrected chi connectivity index (χ3v) is 3.24. The summed E-state index contributed by atoms with van der Waals surface area (Å²) in [5, 5.41) is 5.04. The highest BCUT2D eigenvalue weighted by atomic mass is 32.1. The number of aromatic nitrogens is 1. The second-order valence-electron chi connectivity index (χ2n) is 3.94. The van der Waals surface area contributed by atoms with Crippen LogP contribution in [0.15, 0.2) is 29.1 Å². The van der Waals surface area contributed by atoms with E-state index in [1.54, 1.807) is 11.6 Å². The first-order valence-corrected chi connectivity index (χ1v) is 6.73. The molecule has 1 unspecified atom stereocenters. The van der Waals surface area contributed by atoms with Gasteiger partial charge in [-0.25, -0.2) is 13.8 Å². The van der Waals surface area contributed by atoms with Gasteiger partial charge < -0.3 is 5.32 Å². The van der Waals surface area contributed by atoms with Crippen molar-refractivity contribution in [1.29, 1.82) is 0 Å². The van der Waals surface area contributed by atoms with Crippen LogP contribution in [-0.4, -0.2) is 11.5 Å². The summed E-state index contributed by atoms with van der Waals surface area (Å²) >= 11 is 1.44. The monoisotopic (exact) mass is 268 g/mol. The number of hydrogen-bond donors (Lipinski definition) is 1. The second kappa shape index (κ2) is 6.02. The maximum absolute atomic E-state index is 13.8. The smallest absolute Gasteiger partial charge is 0.163 e. The van der Waals surface area contributed by atoms with Gasteiger partial charge >= 0.3 is 0 Å². The molecule has 0 spiro atoms. The van der Waals surface area contributed by atoms with Crippen LogP contribution in [0.1, 0.15) is 30.6 Å². The van der Waals surface area contributed by atoms with Crippen molar-refractivity contribution in [1.82, 2.24) is 10.3 Å². The molecular formula is C13H14F2N2S. The van der Waals surface area contributed by atoms with Gasteiger partial charge in [0.2, 0.25) is 0 Å². The third-order valence-electron chi connectivity index (χ3n) is 2.64. The van der Waals surface area contributed by atoms with Crippen molar-refractivity contribution in [3.8, 4) is 0 Å². The molecule has 2 rings (SSSR count). The molecule has 0 aliphatic rings. The summed E-state index contributed by atoms with van der Waals surface area (Å²) in [6, 6.07) is 3.83. The van der Waals surface area contributed by atoms with Crippen molar-refractivity contribution in [2.24, 2.45) is 0 Å². The molecule has 1 aromatic carbocycles. The van der Waals surface area contributed by atoms with Gasteiger partial charge in [-0.2, -0.15) is 0 Å². The lowest BCUT2D eigenvalue weighted by molar-refractivity contribution is 0.478. The fourth-order valence-corrected chi connectivity index (χ4v) is 2.35. The van der Waals surface area contributed by atoms with Crippen molar-refractivity contribution in [3.05, 3.63) is 52.0 Å². The summed E-state index contributed by atoms with van der Waals surface area (Å²) in [6.45, 7) is 2.74. The topological polar surface area (TPSA) is 24.9 Å². The molecule has 2 aromatic rings. The van der Waals surface area contributed by atoms with E-state index in [9.17, 15) is 8.78 Å². The van der Waals surface area contributed by atoms with Gasteiger partial charge in [0.15, 0.2) is 11.6 Å². The molecule has 2 nitrogen and oxygen atoms in total. The van der Waals surface area contributed by atoms with Gasteiger partial charge in [0, 0.05) is 10.9 Å². The van der Waals surface area contributed by atoms with E-state index in [1.165, 1.54) is 17.4 Å². The highest BCUT2D eigenvalue weighted by Gasteiger charge is 2.20. The summed E-state index contributed by atoms with van der Waals surface area (Å²) < 4.78 is 27.1. The number of nitrogens with one attached hydrogen (secondary N) is 1. The van der Waals surface area contributed by atoms with Crippen LogP contribution in [-0.2, 0) is 0 Å². The lowest BCUT2D eigenvalue weighted by atomic mass is 10.0. The first-order chi connectivity index (χ1) is 8.74. The van der Waals surface area contributed by atoms with Gasteiger partial charge in [-0.1, -0.05) is 19.1 Å². The average Bonchev–Trinajstić information content (AvgIpc) is 2.88. The van der Waals surface area contributed by atoms with Gasteiger partial charge in [0.25, 0.3) is 0 Å². The lowest BCUT2D eigenvalue weighted by Crippen LogP contribution is -2.24. The molecule has 1 N–H and O–H groups in total. The molecule has 0 radical (unpaired) electrons. The summed E-state index contributed by atoms with van der Waals surface area (Å²) in [7, 11) is 0. The summed E-state index contributed by atoms with van der Waals surface area (Å²) in [5.74, 6) is -1.63. The van der Waals surface area contributed by atoms with Gasteiger partial charge in [0.05, 0.1) is 17.2 Å². The van der Waals surface area contributed by atoms with E-state index in [0.717, 1.165) is 24.7 Å². The first kappa shape index (κ1) is 13.1. The van der Waals surface area contributed by atoms with E-state index in [1.807, 2.05) is 12.3 Å². The quantitative estimate of drug-likeness (QED) is 0.897. The Bertz CT molecular complexity index is 500. The zero-order valence-electron chi connectivity index (χ0n) is 9.99. The van der Waals surface area contributed by atoms with Crippen LogP contribution < -0.4 is 5.32 Å². The predicted octanol–water partition coefficient (Wildman–Crippen LogP) is 3.51. The summed E-state index contributed by atoms with van der Waals surface area (Å²) in [6.07, 6.45) is 0.914. The summed E-state index contributed by atoms with van der Waals surface area (Å²) in [4.78, 5) is 4.18. The number of halogens is 2. The minimum absolute atomic E-state index is 0.300. The van der Waals surface area contributed by atoms with E-state index < -0.39 is 17.7 Å². The Morgan fingerprint density at radius 3 is 2.89 bits per heavy atom. The molecular weight excluding hydrogens is 254 g/mol. The van der Waals surface area contributed by atoms with Crippen molar-refractivity contribution < 1.29 is 8.78 Å². The number of rotatable bonds is 5. The Hall–Kier alpha value is -1.33. The van der Waals surface area contributed by atoms with E-state index >= 15 is 0 Å². The van der Waals surface area contributed by atoms with Crippen LogP contribution in [0.3, 0.4) is 0 Å². The van der Waals surface area contributed by atoms with Crippen molar-refractivity contribution >= 4 is 11.3 Å². The first-order valence-electron chi connectivity index (χ1n) is 5.79. The zero-order chi connectivity index (χ0) is 13.0. The van der Waals surface area contributed by atoms with Crippen molar-refractivity contribution in [2.45, 2.75) is 19.4 Å². The Kier molecular flexibility index (Phi) is 4.38. The maximum Gasteiger partial charge on any atom is 0.163 e. The van der Waals surface area contributed by atoms with Gasteiger partial charge in [-0.3, -0.25) is 0 Å². The normalized spacial score (nSPS) is 12.6. The molecule has 1 atom stereocenters. The predicted molar refractivity (Wildman–Crippen MR) is 68.6 cm³/mol. The van der Waals surface area contributed by atoms with Crippen LogP contribution in [0.5, 0.6) is 0 Å². The van der Waals surface area contributed by atoms with Crippen molar-refractivity contribution in [3.63, 3.8) is 0 Å². The largest absolute Gasteiger partial charge is 0.305 e. The van der Waals surface area contributed by atoms with Crippen molar-refractivity contribution in [2.75, 3.05) is 6.54 Å². The number of benzene rings is 1. The third kappa shape index (κ3) is 2.73. The molecule has 0 bridgehead atoms. The van der Waals surface area contributed by atoms with Crippen LogP contribution in [0.4, 0.5) is 8.78 Å². The number of thiazole rings is 1. The van der Waals surface area contributed by atoms with Crippen LogP contribution in [0, 0.1) is 11.6 Å². The Balaban J connectivity index is 2.37.